The third-order valence-electron chi connectivity index (χ3n) is 3.35. The highest BCUT2D eigenvalue weighted by atomic mass is 16.5. The molecular formula is C17H22N2O. The molecule has 0 aliphatic carbocycles. The first-order chi connectivity index (χ1) is 9.58. The van der Waals surface area contributed by atoms with Crippen LogP contribution < -0.4 is 10.1 Å². The van der Waals surface area contributed by atoms with Crippen LogP contribution in [0.4, 0.5) is 0 Å². The zero-order chi connectivity index (χ0) is 14.5. The summed E-state index contributed by atoms with van der Waals surface area (Å²) in [6, 6.07) is 12.8. The molecule has 0 aliphatic rings. The molecule has 106 valence electrons. The van der Waals surface area contributed by atoms with E-state index in [2.05, 4.69) is 48.4 Å². The van der Waals surface area contributed by atoms with Crippen LogP contribution >= 0.6 is 0 Å². The van der Waals surface area contributed by atoms with Gasteiger partial charge in [-0.3, -0.25) is 4.98 Å². The summed E-state index contributed by atoms with van der Waals surface area (Å²) in [6.07, 6.45) is 0. The molecule has 0 saturated heterocycles. The van der Waals surface area contributed by atoms with E-state index in [9.17, 15) is 0 Å². The minimum absolute atomic E-state index is 0.295. The highest BCUT2D eigenvalue weighted by Gasteiger charge is 2.06. The lowest BCUT2D eigenvalue weighted by atomic mass is 10.1. The number of aryl methyl sites for hydroxylation is 2. The Morgan fingerprint density at radius 2 is 2.00 bits per heavy atom. The van der Waals surface area contributed by atoms with Gasteiger partial charge < -0.3 is 10.1 Å². The standard InChI is InChI=1S/C17H22N2O/c1-12-6-5-7-15(8-12)14(3)18-11-16-10-17(20-4)9-13(2)19-16/h5-10,14,18H,11H2,1-4H3/t14-/m0/s1. The summed E-state index contributed by atoms with van der Waals surface area (Å²) in [4.78, 5) is 4.52. The average molecular weight is 270 g/mol. The molecule has 2 rings (SSSR count). The monoisotopic (exact) mass is 270 g/mol. The lowest BCUT2D eigenvalue weighted by Crippen LogP contribution is -2.19. The number of hydrogen-bond donors (Lipinski definition) is 1. The van der Waals surface area contributed by atoms with Crippen molar-refractivity contribution in [2.75, 3.05) is 7.11 Å². The summed E-state index contributed by atoms with van der Waals surface area (Å²) in [7, 11) is 1.68. The normalized spacial score (nSPS) is 12.2. The van der Waals surface area contributed by atoms with Gasteiger partial charge in [-0.05, 0) is 26.3 Å². The Bertz CT molecular complexity index is 581. The van der Waals surface area contributed by atoms with Gasteiger partial charge in [-0.1, -0.05) is 29.8 Å². The van der Waals surface area contributed by atoms with Crippen LogP contribution in [0, 0.1) is 13.8 Å². The van der Waals surface area contributed by atoms with E-state index in [1.54, 1.807) is 7.11 Å². The Labute approximate surface area is 121 Å². The van der Waals surface area contributed by atoms with Crippen LogP contribution in [0.3, 0.4) is 0 Å². The first kappa shape index (κ1) is 14.5. The van der Waals surface area contributed by atoms with Gasteiger partial charge in [0.2, 0.25) is 0 Å². The zero-order valence-electron chi connectivity index (χ0n) is 12.6. The van der Waals surface area contributed by atoms with Crippen molar-refractivity contribution in [3.8, 4) is 5.75 Å². The van der Waals surface area contributed by atoms with E-state index in [-0.39, 0.29) is 0 Å². The smallest absolute Gasteiger partial charge is 0.122 e. The SMILES string of the molecule is COc1cc(C)nc(CN[C@@H](C)c2cccc(C)c2)c1. The summed E-state index contributed by atoms with van der Waals surface area (Å²) < 4.78 is 5.28. The third kappa shape index (κ3) is 3.81. The van der Waals surface area contributed by atoms with Gasteiger partial charge in [-0.2, -0.15) is 0 Å². The van der Waals surface area contributed by atoms with Crippen LogP contribution in [0.5, 0.6) is 5.75 Å². The molecule has 0 aliphatic heterocycles. The molecule has 0 amide bonds. The highest BCUT2D eigenvalue weighted by Crippen LogP contribution is 2.16. The molecule has 0 saturated carbocycles. The molecule has 1 atom stereocenters. The minimum Gasteiger partial charge on any atom is -0.497 e. The highest BCUT2D eigenvalue weighted by molar-refractivity contribution is 5.27. The van der Waals surface area contributed by atoms with Crippen LogP contribution in [0.15, 0.2) is 36.4 Å². The maximum atomic E-state index is 5.28. The van der Waals surface area contributed by atoms with Gasteiger partial charge in [0.1, 0.15) is 5.75 Å². The van der Waals surface area contributed by atoms with Crippen molar-refractivity contribution in [2.24, 2.45) is 0 Å². The Balaban J connectivity index is 2.03. The summed E-state index contributed by atoms with van der Waals surface area (Å²) in [5, 5.41) is 3.50. The fourth-order valence-electron chi connectivity index (χ4n) is 2.23. The second kappa shape index (κ2) is 6.53. The lowest BCUT2D eigenvalue weighted by molar-refractivity contribution is 0.412. The first-order valence-corrected chi connectivity index (χ1v) is 6.90. The molecule has 1 aromatic carbocycles. The van der Waals surface area contributed by atoms with Gasteiger partial charge in [0.05, 0.1) is 12.8 Å². The molecule has 1 aromatic heterocycles. The second-order valence-electron chi connectivity index (χ2n) is 5.16. The van der Waals surface area contributed by atoms with Gasteiger partial charge in [0.15, 0.2) is 0 Å². The van der Waals surface area contributed by atoms with Crippen LogP contribution in [-0.4, -0.2) is 12.1 Å². The quantitative estimate of drug-likeness (QED) is 0.902. The van der Waals surface area contributed by atoms with Crippen molar-refractivity contribution in [3.05, 3.63) is 58.9 Å². The number of rotatable bonds is 5. The fraction of sp³-hybridized carbons (Fsp3) is 0.353. The number of methoxy groups -OCH3 is 1. The topological polar surface area (TPSA) is 34.1 Å². The number of aromatic nitrogens is 1. The maximum absolute atomic E-state index is 5.28. The van der Waals surface area contributed by atoms with Crippen LogP contribution in [0.1, 0.15) is 35.5 Å². The average Bonchev–Trinajstić information content (AvgIpc) is 2.44. The molecule has 20 heavy (non-hydrogen) atoms. The van der Waals surface area contributed by atoms with Gasteiger partial charge >= 0.3 is 0 Å². The zero-order valence-corrected chi connectivity index (χ0v) is 12.6. The van der Waals surface area contributed by atoms with Gasteiger partial charge in [-0.25, -0.2) is 0 Å². The first-order valence-electron chi connectivity index (χ1n) is 6.90. The number of nitrogens with zero attached hydrogens (tertiary/aromatic N) is 1. The molecule has 0 fully saturated rings. The second-order valence-corrected chi connectivity index (χ2v) is 5.16. The van der Waals surface area contributed by atoms with Gasteiger partial charge in [0, 0.05) is 30.4 Å². The molecule has 0 spiro atoms. The molecule has 1 N–H and O–H groups in total. The van der Waals surface area contributed by atoms with E-state index in [4.69, 9.17) is 4.74 Å². The predicted octanol–water partition coefficient (Wildman–Crippen LogP) is 3.56. The van der Waals surface area contributed by atoms with Crippen LogP contribution in [0.2, 0.25) is 0 Å². The fourth-order valence-corrected chi connectivity index (χ4v) is 2.23. The van der Waals surface area contributed by atoms with E-state index < -0.39 is 0 Å². The number of hydrogen-bond acceptors (Lipinski definition) is 3. The Morgan fingerprint density at radius 3 is 2.70 bits per heavy atom. The Hall–Kier alpha value is -1.87. The van der Waals surface area contributed by atoms with Crippen LogP contribution in [-0.2, 0) is 6.54 Å². The molecule has 3 nitrogen and oxygen atoms in total. The predicted molar refractivity (Wildman–Crippen MR) is 82.0 cm³/mol. The number of benzene rings is 1. The Kier molecular flexibility index (Phi) is 4.74. The lowest BCUT2D eigenvalue weighted by Gasteiger charge is -2.15. The van der Waals surface area contributed by atoms with Crippen molar-refractivity contribution in [2.45, 2.75) is 33.4 Å². The van der Waals surface area contributed by atoms with Crippen molar-refractivity contribution in [3.63, 3.8) is 0 Å². The molecule has 2 aromatic rings. The van der Waals surface area contributed by atoms with E-state index in [0.717, 1.165) is 23.7 Å². The summed E-state index contributed by atoms with van der Waals surface area (Å²) in [5.41, 5.74) is 4.56. The molecule has 0 unspecified atom stereocenters. The van der Waals surface area contributed by atoms with Crippen molar-refractivity contribution in [1.29, 1.82) is 0 Å². The van der Waals surface area contributed by atoms with Crippen molar-refractivity contribution >= 4 is 0 Å². The van der Waals surface area contributed by atoms with Crippen molar-refractivity contribution in [1.82, 2.24) is 10.3 Å². The van der Waals surface area contributed by atoms with Gasteiger partial charge in [0.25, 0.3) is 0 Å². The largest absolute Gasteiger partial charge is 0.497 e. The molecule has 1 heterocycles. The van der Waals surface area contributed by atoms with E-state index in [1.165, 1.54) is 11.1 Å². The van der Waals surface area contributed by atoms with Gasteiger partial charge in [-0.15, -0.1) is 0 Å². The molecular weight excluding hydrogens is 248 g/mol. The molecule has 0 radical (unpaired) electrons. The third-order valence-corrected chi connectivity index (χ3v) is 3.35. The minimum atomic E-state index is 0.295. The van der Waals surface area contributed by atoms with E-state index in [1.807, 2.05) is 19.1 Å². The van der Waals surface area contributed by atoms with Crippen molar-refractivity contribution < 1.29 is 4.74 Å². The summed E-state index contributed by atoms with van der Waals surface area (Å²) in [5.74, 6) is 0.859. The Morgan fingerprint density at radius 1 is 1.20 bits per heavy atom. The van der Waals surface area contributed by atoms with Crippen LogP contribution in [0.25, 0.3) is 0 Å². The maximum Gasteiger partial charge on any atom is 0.122 e. The molecule has 0 bridgehead atoms. The summed E-state index contributed by atoms with van der Waals surface area (Å²) in [6.45, 7) is 6.99. The number of pyridine rings is 1. The number of nitrogens with one attached hydrogen (secondary N) is 1. The van der Waals surface area contributed by atoms with E-state index >= 15 is 0 Å². The summed E-state index contributed by atoms with van der Waals surface area (Å²) >= 11 is 0. The van der Waals surface area contributed by atoms with E-state index in [0.29, 0.717) is 6.04 Å². The number of ether oxygens (including phenoxy) is 1. The molecule has 3 heteroatoms.